The maximum absolute atomic E-state index is 12.7. The van der Waals surface area contributed by atoms with Crippen LogP contribution in [-0.2, 0) is 21.4 Å². The molecule has 0 unspecified atom stereocenters. The van der Waals surface area contributed by atoms with Crippen molar-refractivity contribution in [3.63, 3.8) is 0 Å². The summed E-state index contributed by atoms with van der Waals surface area (Å²) in [7, 11) is -2.15. The van der Waals surface area contributed by atoms with Crippen LogP contribution in [0.25, 0.3) is 0 Å². The molecular weight excluding hydrogens is 348 g/mol. The number of carbonyl (C=O) groups excluding carboxylic acids is 1. The van der Waals surface area contributed by atoms with Gasteiger partial charge >= 0.3 is 0 Å². The normalized spacial score (nSPS) is 12.8. The number of nitrogens with zero attached hydrogens (tertiary/aromatic N) is 1. The maximum Gasteiger partial charge on any atom is 0.243 e. The zero-order chi connectivity index (χ0) is 17.7. The Labute approximate surface area is 147 Å². The molecule has 0 aromatic heterocycles. The van der Waals surface area contributed by atoms with Gasteiger partial charge in [0.1, 0.15) is 6.04 Å². The van der Waals surface area contributed by atoms with Gasteiger partial charge in [-0.3, -0.25) is 4.79 Å². The third-order valence-electron chi connectivity index (χ3n) is 3.66. The summed E-state index contributed by atoms with van der Waals surface area (Å²) >= 11 is 6.08. The van der Waals surface area contributed by atoms with Crippen LogP contribution < -0.4 is 5.32 Å². The Kier molecular flexibility index (Phi) is 5.99. The van der Waals surface area contributed by atoms with Crippen LogP contribution >= 0.6 is 11.6 Å². The van der Waals surface area contributed by atoms with Gasteiger partial charge in [-0.2, -0.15) is 4.31 Å². The Morgan fingerprint density at radius 2 is 1.71 bits per heavy atom. The van der Waals surface area contributed by atoms with Gasteiger partial charge in [-0.15, -0.1) is 0 Å². The van der Waals surface area contributed by atoms with Crippen LogP contribution in [0.2, 0.25) is 5.02 Å². The molecule has 0 radical (unpaired) electrons. The number of hydrogen-bond acceptors (Lipinski definition) is 3. The summed E-state index contributed by atoms with van der Waals surface area (Å²) < 4.78 is 24.9. The van der Waals surface area contributed by atoms with Crippen molar-refractivity contribution in [2.24, 2.45) is 0 Å². The first kappa shape index (κ1) is 18.4. The first-order chi connectivity index (χ1) is 11.3. The monoisotopic (exact) mass is 366 g/mol. The van der Waals surface area contributed by atoms with Crippen molar-refractivity contribution in [2.75, 3.05) is 13.3 Å². The van der Waals surface area contributed by atoms with Gasteiger partial charge in [-0.05, 0) is 17.2 Å². The van der Waals surface area contributed by atoms with Crippen molar-refractivity contribution < 1.29 is 13.2 Å². The molecule has 1 atom stereocenters. The van der Waals surface area contributed by atoms with E-state index >= 15 is 0 Å². The third-order valence-corrected chi connectivity index (χ3v) is 5.29. The Bertz CT molecular complexity index is 810. The Hall–Kier alpha value is -1.89. The second kappa shape index (κ2) is 7.79. The number of rotatable bonds is 6. The molecule has 2 rings (SSSR count). The summed E-state index contributed by atoms with van der Waals surface area (Å²) in [4.78, 5) is 12.7. The van der Waals surface area contributed by atoms with Crippen molar-refractivity contribution in [1.29, 1.82) is 0 Å². The van der Waals surface area contributed by atoms with E-state index in [0.717, 1.165) is 16.1 Å². The second-order valence-electron chi connectivity index (χ2n) is 5.40. The predicted octanol–water partition coefficient (Wildman–Crippen LogP) is 2.59. The van der Waals surface area contributed by atoms with Crippen molar-refractivity contribution in [3.8, 4) is 0 Å². The zero-order valence-electron chi connectivity index (χ0n) is 13.4. The molecule has 0 bridgehead atoms. The minimum atomic E-state index is -3.54. The molecule has 0 heterocycles. The smallest absolute Gasteiger partial charge is 0.243 e. The van der Waals surface area contributed by atoms with Gasteiger partial charge in [0.05, 0.1) is 6.26 Å². The van der Waals surface area contributed by atoms with Crippen LogP contribution in [0.4, 0.5) is 0 Å². The predicted molar refractivity (Wildman–Crippen MR) is 95.1 cm³/mol. The van der Waals surface area contributed by atoms with E-state index < -0.39 is 22.0 Å². The number of likely N-dealkylation sites (N-methyl/N-ethyl adjacent to an activating group) is 1. The third kappa shape index (κ3) is 4.56. The van der Waals surface area contributed by atoms with Gasteiger partial charge in [0.15, 0.2) is 0 Å². The van der Waals surface area contributed by atoms with Crippen LogP contribution in [0.15, 0.2) is 54.6 Å². The first-order valence-corrected chi connectivity index (χ1v) is 9.52. The van der Waals surface area contributed by atoms with Crippen LogP contribution in [0.5, 0.6) is 0 Å². The molecule has 0 spiro atoms. The summed E-state index contributed by atoms with van der Waals surface area (Å²) in [5.74, 6) is -0.408. The van der Waals surface area contributed by atoms with E-state index in [1.807, 2.05) is 12.1 Å². The van der Waals surface area contributed by atoms with Crippen LogP contribution in [0.3, 0.4) is 0 Å². The number of hydrogen-bond donors (Lipinski definition) is 1. The van der Waals surface area contributed by atoms with Crippen molar-refractivity contribution >= 4 is 27.5 Å². The van der Waals surface area contributed by atoms with E-state index in [9.17, 15) is 13.2 Å². The lowest BCUT2D eigenvalue weighted by Gasteiger charge is -2.25. The largest absolute Gasteiger partial charge is 0.350 e. The number of benzene rings is 2. The molecule has 7 heteroatoms. The highest BCUT2D eigenvalue weighted by Crippen LogP contribution is 2.22. The summed E-state index contributed by atoms with van der Waals surface area (Å²) in [6.07, 6.45) is 1.07. The first-order valence-electron chi connectivity index (χ1n) is 7.30. The SMILES string of the molecule is CN([C@@H](C(=O)NCc1ccccc1Cl)c1ccccc1)S(C)(=O)=O. The van der Waals surface area contributed by atoms with E-state index in [2.05, 4.69) is 5.32 Å². The topological polar surface area (TPSA) is 66.5 Å². The molecule has 5 nitrogen and oxygen atoms in total. The minimum Gasteiger partial charge on any atom is -0.350 e. The summed E-state index contributed by atoms with van der Waals surface area (Å²) in [6.45, 7) is 0.222. The summed E-state index contributed by atoms with van der Waals surface area (Å²) in [5.41, 5.74) is 1.36. The fraction of sp³-hybridized carbons (Fsp3) is 0.235. The number of amides is 1. The quantitative estimate of drug-likeness (QED) is 0.854. The van der Waals surface area contributed by atoms with Crippen LogP contribution in [-0.4, -0.2) is 31.9 Å². The van der Waals surface area contributed by atoms with Gasteiger partial charge in [0.25, 0.3) is 0 Å². The minimum absolute atomic E-state index is 0.222. The summed E-state index contributed by atoms with van der Waals surface area (Å²) in [5, 5.41) is 3.31. The van der Waals surface area contributed by atoms with E-state index in [1.54, 1.807) is 42.5 Å². The number of carbonyl (C=O) groups is 1. The number of halogens is 1. The molecule has 0 aliphatic carbocycles. The highest BCUT2D eigenvalue weighted by Gasteiger charge is 2.30. The lowest BCUT2D eigenvalue weighted by molar-refractivity contribution is -0.124. The van der Waals surface area contributed by atoms with Gasteiger partial charge in [-0.25, -0.2) is 8.42 Å². The van der Waals surface area contributed by atoms with Gasteiger partial charge in [0.2, 0.25) is 15.9 Å². The molecule has 128 valence electrons. The molecule has 1 N–H and O–H groups in total. The molecular formula is C17H19ClN2O3S. The average Bonchev–Trinajstić information content (AvgIpc) is 2.54. The number of nitrogens with one attached hydrogen (secondary N) is 1. The van der Waals surface area contributed by atoms with Crippen LogP contribution in [0.1, 0.15) is 17.2 Å². The molecule has 1 amide bonds. The Morgan fingerprint density at radius 1 is 1.12 bits per heavy atom. The highest BCUT2D eigenvalue weighted by atomic mass is 35.5. The molecule has 0 aliphatic heterocycles. The van der Waals surface area contributed by atoms with Crippen molar-refractivity contribution in [1.82, 2.24) is 9.62 Å². The highest BCUT2D eigenvalue weighted by molar-refractivity contribution is 7.88. The molecule has 24 heavy (non-hydrogen) atoms. The number of sulfonamides is 1. The van der Waals surface area contributed by atoms with Crippen molar-refractivity contribution in [2.45, 2.75) is 12.6 Å². The fourth-order valence-corrected chi connectivity index (χ4v) is 3.08. The second-order valence-corrected chi connectivity index (χ2v) is 7.85. The lowest BCUT2D eigenvalue weighted by atomic mass is 10.1. The van der Waals surface area contributed by atoms with E-state index in [0.29, 0.717) is 10.6 Å². The average molecular weight is 367 g/mol. The van der Waals surface area contributed by atoms with Crippen molar-refractivity contribution in [3.05, 3.63) is 70.7 Å². The van der Waals surface area contributed by atoms with E-state index in [4.69, 9.17) is 11.6 Å². The summed E-state index contributed by atoms with van der Waals surface area (Å²) in [6, 6.07) is 15.0. The molecule has 0 saturated heterocycles. The van der Waals surface area contributed by atoms with Gasteiger partial charge in [-0.1, -0.05) is 60.1 Å². The fourth-order valence-electron chi connectivity index (χ4n) is 2.27. The molecule has 0 aliphatic rings. The molecule has 2 aromatic rings. The van der Waals surface area contributed by atoms with Gasteiger partial charge in [0, 0.05) is 18.6 Å². The standard InChI is InChI=1S/C17H19ClN2O3S/c1-20(24(2,22)23)16(13-8-4-3-5-9-13)17(21)19-12-14-10-6-7-11-15(14)18/h3-11,16H,12H2,1-2H3,(H,19,21)/t16-/m1/s1. The molecule has 0 saturated carbocycles. The molecule has 0 fully saturated rings. The van der Waals surface area contributed by atoms with Crippen LogP contribution in [0, 0.1) is 0 Å². The van der Waals surface area contributed by atoms with E-state index in [1.165, 1.54) is 7.05 Å². The zero-order valence-corrected chi connectivity index (χ0v) is 15.0. The Morgan fingerprint density at radius 3 is 2.29 bits per heavy atom. The lowest BCUT2D eigenvalue weighted by Crippen LogP contribution is -2.41. The molecule has 2 aromatic carbocycles. The maximum atomic E-state index is 12.7. The van der Waals surface area contributed by atoms with E-state index in [-0.39, 0.29) is 6.54 Å². The van der Waals surface area contributed by atoms with Gasteiger partial charge < -0.3 is 5.32 Å². The Balaban J connectivity index is 2.24.